The Bertz CT molecular complexity index is 175. The molecule has 3 unspecified atom stereocenters. The molecule has 0 N–H and O–H groups in total. The molecule has 0 amide bonds. The normalized spacial score (nSPS) is 57.9. The maximum atomic E-state index is 6.14. The van der Waals surface area contributed by atoms with Crippen LogP contribution in [-0.2, 0) is 0 Å². The van der Waals surface area contributed by atoms with Gasteiger partial charge in [0.05, 0.1) is 31.8 Å². The van der Waals surface area contributed by atoms with E-state index >= 15 is 0 Å². The highest BCUT2D eigenvalue weighted by Gasteiger charge is 2.54. The smallest absolute Gasteiger partial charge is 0.0774 e. The molecule has 0 spiro atoms. The lowest BCUT2D eigenvalue weighted by molar-refractivity contribution is 0.444. The van der Waals surface area contributed by atoms with E-state index in [0.29, 0.717) is 0 Å². The molecule has 0 aromatic carbocycles. The van der Waals surface area contributed by atoms with Gasteiger partial charge in [0, 0.05) is 0 Å². The summed E-state index contributed by atoms with van der Waals surface area (Å²) in [6.07, 6.45) is 0. The van der Waals surface area contributed by atoms with Crippen LogP contribution < -0.4 is 0 Å². The molecule has 0 saturated heterocycles. The first-order valence-electron chi connectivity index (χ1n) is 3.69. The van der Waals surface area contributed by atoms with E-state index in [1.165, 1.54) is 0 Å². The molecule has 78 valence electrons. The molecule has 1 rings (SSSR count). The summed E-state index contributed by atoms with van der Waals surface area (Å²) in [5.74, 6) is 0. The third-order valence-electron chi connectivity index (χ3n) is 2.25. The number of halogens is 6. The number of hydrogen-bond acceptors (Lipinski definition) is 0. The summed E-state index contributed by atoms with van der Waals surface area (Å²) in [5.41, 5.74) is 0. The topological polar surface area (TPSA) is 0 Å². The molecule has 0 aromatic heterocycles. The second-order valence-corrected chi connectivity index (χ2v) is 6.55. The van der Waals surface area contributed by atoms with E-state index in [2.05, 4.69) is 0 Å². The van der Waals surface area contributed by atoms with E-state index in [1.807, 2.05) is 0 Å². The fraction of sp³-hybridized carbons (Fsp3) is 1.00. The van der Waals surface area contributed by atoms with Crippen LogP contribution in [0.5, 0.6) is 0 Å². The summed E-state index contributed by atoms with van der Waals surface area (Å²) in [6, 6.07) is 0. The molecule has 6 atom stereocenters. The third kappa shape index (κ3) is 2.14. The Labute approximate surface area is 108 Å². The van der Waals surface area contributed by atoms with Gasteiger partial charge in [-0.15, -0.1) is 69.6 Å². The molecule has 0 bridgehead atoms. The van der Waals surface area contributed by atoms with Crippen molar-refractivity contribution in [2.75, 3.05) is 0 Å². The molecule has 1 fully saturated rings. The predicted molar refractivity (Wildman–Crippen MR) is 62.5 cm³/mol. The van der Waals surface area contributed by atoms with Crippen molar-refractivity contribution in [2.24, 2.45) is 0 Å². The fourth-order valence-corrected chi connectivity index (χ4v) is 3.67. The minimum Gasteiger partial charge on any atom is -0.120 e. The van der Waals surface area contributed by atoms with Crippen molar-refractivity contribution in [1.82, 2.24) is 0 Å². The second kappa shape index (κ2) is 4.31. The van der Waals surface area contributed by atoms with Crippen LogP contribution in [0.2, 0.25) is 0 Å². The number of alkyl halides is 6. The molecule has 0 heterocycles. The highest BCUT2D eigenvalue weighted by Crippen LogP contribution is 2.46. The maximum Gasteiger partial charge on any atom is 0.0774 e. The molecule has 13 heavy (non-hydrogen) atoms. The first kappa shape index (κ1) is 12.8. The summed E-state index contributed by atoms with van der Waals surface area (Å²) in [6.45, 7) is 1.72. The Morgan fingerprint density at radius 2 is 1.08 bits per heavy atom. The van der Waals surface area contributed by atoms with E-state index in [-0.39, 0.29) is 0 Å². The van der Waals surface area contributed by atoms with Crippen LogP contribution in [0, 0.1) is 0 Å². The summed E-state index contributed by atoms with van der Waals surface area (Å²) in [4.78, 5) is -0.826. The maximum absolute atomic E-state index is 6.14. The van der Waals surface area contributed by atoms with Crippen molar-refractivity contribution in [3.05, 3.63) is 0 Å². The molecule has 1 aliphatic rings. The van der Waals surface area contributed by atoms with Crippen LogP contribution in [0.4, 0.5) is 0 Å². The van der Waals surface area contributed by atoms with Gasteiger partial charge in [0.25, 0.3) is 0 Å². The van der Waals surface area contributed by atoms with Gasteiger partial charge in [-0.2, -0.15) is 0 Å². The second-order valence-electron chi connectivity index (χ2n) is 3.29. The molecule has 6 heteroatoms. The van der Waals surface area contributed by atoms with Gasteiger partial charge in [0.2, 0.25) is 0 Å². The van der Waals surface area contributed by atoms with Crippen LogP contribution in [-0.4, -0.2) is 31.8 Å². The number of rotatable bonds is 0. The highest BCUT2D eigenvalue weighted by atomic mass is 35.5. The fourth-order valence-electron chi connectivity index (χ4n) is 1.27. The molecule has 1 aliphatic carbocycles. The van der Waals surface area contributed by atoms with Crippen molar-refractivity contribution in [2.45, 2.75) is 38.7 Å². The van der Waals surface area contributed by atoms with Gasteiger partial charge in [-0.3, -0.25) is 0 Å². The van der Waals surface area contributed by atoms with Gasteiger partial charge >= 0.3 is 0 Å². The standard InChI is InChI=1S/C7H8Cl6/c1-7(13)5(11)3(9)2(8)4(10)6(7)12/h2-6H,1H3/t2?,3-,4+,5+,6?,7?/m1/s1. The van der Waals surface area contributed by atoms with Gasteiger partial charge in [-0.1, -0.05) is 0 Å². The molecule has 0 radical (unpaired) electrons. The van der Waals surface area contributed by atoms with Crippen LogP contribution in [0.25, 0.3) is 0 Å². The van der Waals surface area contributed by atoms with Gasteiger partial charge in [0.15, 0.2) is 0 Å². The Balaban J connectivity index is 2.93. The zero-order chi connectivity index (χ0) is 10.4. The molecule has 1 saturated carbocycles. The van der Waals surface area contributed by atoms with E-state index in [9.17, 15) is 0 Å². The summed E-state index contributed by atoms with van der Waals surface area (Å²) < 4.78 is 0. The average Bonchev–Trinajstić information content (AvgIpc) is 2.09. The van der Waals surface area contributed by atoms with E-state index in [0.717, 1.165) is 0 Å². The predicted octanol–water partition coefficient (Wildman–Crippen LogP) is 4.03. The van der Waals surface area contributed by atoms with Gasteiger partial charge in [0.1, 0.15) is 0 Å². The molecular weight excluding hydrogens is 297 g/mol. The van der Waals surface area contributed by atoms with E-state index in [4.69, 9.17) is 69.6 Å². The number of hydrogen-bond donors (Lipinski definition) is 0. The van der Waals surface area contributed by atoms with Crippen molar-refractivity contribution < 1.29 is 0 Å². The SMILES string of the molecule is CC1(Cl)C(Cl)[C@@H](Cl)C(Cl)[C@@H](Cl)[C@@H]1Cl. The molecular formula is C7H8Cl6. The van der Waals surface area contributed by atoms with Crippen molar-refractivity contribution in [3.63, 3.8) is 0 Å². The lowest BCUT2D eigenvalue weighted by Gasteiger charge is -2.44. The summed E-state index contributed by atoms with van der Waals surface area (Å²) in [7, 11) is 0. The van der Waals surface area contributed by atoms with E-state index < -0.39 is 31.8 Å². The third-order valence-corrected chi connectivity index (χ3v) is 6.49. The Morgan fingerprint density at radius 1 is 0.769 bits per heavy atom. The van der Waals surface area contributed by atoms with Crippen LogP contribution in [0.15, 0.2) is 0 Å². The van der Waals surface area contributed by atoms with Gasteiger partial charge in [-0.05, 0) is 6.92 Å². The van der Waals surface area contributed by atoms with Gasteiger partial charge in [-0.25, -0.2) is 0 Å². The van der Waals surface area contributed by atoms with Crippen molar-refractivity contribution in [1.29, 1.82) is 0 Å². The average molecular weight is 305 g/mol. The monoisotopic (exact) mass is 302 g/mol. The Kier molecular flexibility index (Phi) is 4.25. The van der Waals surface area contributed by atoms with Crippen LogP contribution >= 0.6 is 69.6 Å². The zero-order valence-electron chi connectivity index (χ0n) is 6.65. The van der Waals surface area contributed by atoms with Crippen molar-refractivity contribution in [3.8, 4) is 0 Å². The summed E-state index contributed by atoms with van der Waals surface area (Å²) in [5, 5.41) is -2.38. The summed E-state index contributed by atoms with van der Waals surface area (Å²) >= 11 is 36.1. The molecule has 0 nitrogen and oxygen atoms in total. The first-order valence-corrected chi connectivity index (χ1v) is 6.25. The highest BCUT2D eigenvalue weighted by molar-refractivity contribution is 6.46. The molecule has 0 aliphatic heterocycles. The van der Waals surface area contributed by atoms with E-state index in [1.54, 1.807) is 6.92 Å². The lowest BCUT2D eigenvalue weighted by atomic mass is 9.87. The minimum atomic E-state index is -0.826. The largest absolute Gasteiger partial charge is 0.120 e. The first-order chi connectivity index (χ1) is 5.80. The van der Waals surface area contributed by atoms with Crippen molar-refractivity contribution >= 4 is 69.6 Å². The minimum absolute atomic E-state index is 0.458. The lowest BCUT2D eigenvalue weighted by Crippen LogP contribution is -2.58. The van der Waals surface area contributed by atoms with Gasteiger partial charge < -0.3 is 0 Å². The Hall–Kier alpha value is 1.74. The molecule has 0 aromatic rings. The quantitative estimate of drug-likeness (QED) is 0.593. The van der Waals surface area contributed by atoms with Crippen LogP contribution in [0.3, 0.4) is 0 Å². The zero-order valence-corrected chi connectivity index (χ0v) is 11.2. The van der Waals surface area contributed by atoms with Crippen LogP contribution in [0.1, 0.15) is 6.92 Å². The Morgan fingerprint density at radius 3 is 1.38 bits per heavy atom.